The van der Waals surface area contributed by atoms with Crippen molar-refractivity contribution in [1.82, 2.24) is 20.0 Å². The van der Waals surface area contributed by atoms with Gasteiger partial charge in [-0.2, -0.15) is 5.10 Å². The molecular formula is C18H30N4O. The van der Waals surface area contributed by atoms with Gasteiger partial charge in [0.05, 0.1) is 11.1 Å². The number of carbonyl (C=O) groups is 1. The van der Waals surface area contributed by atoms with Crippen molar-refractivity contribution in [2.24, 2.45) is 12.5 Å². The molecule has 1 amide bonds. The van der Waals surface area contributed by atoms with Gasteiger partial charge in [0.15, 0.2) is 0 Å². The van der Waals surface area contributed by atoms with Crippen molar-refractivity contribution in [2.75, 3.05) is 13.1 Å². The minimum Gasteiger partial charge on any atom is -0.353 e. The first kappa shape index (κ1) is 16.5. The van der Waals surface area contributed by atoms with Gasteiger partial charge in [0.2, 0.25) is 5.91 Å². The number of rotatable bonds is 4. The van der Waals surface area contributed by atoms with Gasteiger partial charge in [-0.25, -0.2) is 0 Å². The van der Waals surface area contributed by atoms with Gasteiger partial charge in [0.1, 0.15) is 0 Å². The molecule has 1 atom stereocenters. The third-order valence-corrected chi connectivity index (χ3v) is 5.52. The fourth-order valence-corrected chi connectivity index (χ4v) is 4.14. The van der Waals surface area contributed by atoms with Crippen molar-refractivity contribution in [2.45, 2.75) is 65.0 Å². The lowest BCUT2D eigenvalue weighted by Gasteiger charge is -2.39. The summed E-state index contributed by atoms with van der Waals surface area (Å²) in [6.07, 6.45) is 9.00. The Labute approximate surface area is 139 Å². The van der Waals surface area contributed by atoms with Crippen LogP contribution in [0.15, 0.2) is 6.20 Å². The molecular weight excluding hydrogens is 288 g/mol. The molecule has 1 aromatic heterocycles. The highest BCUT2D eigenvalue weighted by Gasteiger charge is 2.38. The van der Waals surface area contributed by atoms with E-state index in [9.17, 15) is 4.79 Å². The number of nitrogens with one attached hydrogen (secondary N) is 1. The van der Waals surface area contributed by atoms with Crippen LogP contribution in [0, 0.1) is 12.3 Å². The maximum absolute atomic E-state index is 12.8. The number of likely N-dealkylation sites (tertiary alicyclic amines) is 1. The van der Waals surface area contributed by atoms with E-state index in [4.69, 9.17) is 0 Å². The normalized spacial score (nSPS) is 26.6. The lowest BCUT2D eigenvalue weighted by Crippen LogP contribution is -2.51. The lowest BCUT2D eigenvalue weighted by molar-refractivity contribution is -0.134. The largest absolute Gasteiger partial charge is 0.353 e. The number of hydrogen-bond donors (Lipinski definition) is 1. The minimum atomic E-state index is -0.253. The third kappa shape index (κ3) is 3.77. The molecule has 5 nitrogen and oxygen atoms in total. The van der Waals surface area contributed by atoms with Gasteiger partial charge in [0.25, 0.3) is 0 Å². The summed E-state index contributed by atoms with van der Waals surface area (Å²) in [5.41, 5.74) is 2.11. The second-order valence-electron chi connectivity index (χ2n) is 7.74. The Hall–Kier alpha value is -1.36. The van der Waals surface area contributed by atoms with Crippen LogP contribution in [0.4, 0.5) is 0 Å². The second kappa shape index (κ2) is 6.63. The standard InChI is InChI=1S/C18H30N4O/c1-14-15(11-21(3)20-14)12-22-10-6-9-18(2,13-22)17(23)19-16-7-4-5-8-16/h11,16H,4-10,12-13H2,1-3H3,(H,19,23)/t18-/m0/s1. The molecule has 3 rings (SSSR count). The summed E-state index contributed by atoms with van der Waals surface area (Å²) in [4.78, 5) is 15.2. The smallest absolute Gasteiger partial charge is 0.227 e. The highest BCUT2D eigenvalue weighted by Crippen LogP contribution is 2.31. The predicted octanol–water partition coefficient (Wildman–Crippen LogP) is 2.39. The van der Waals surface area contributed by atoms with Gasteiger partial charge in [0, 0.05) is 37.9 Å². The summed E-state index contributed by atoms with van der Waals surface area (Å²) >= 11 is 0. The molecule has 2 heterocycles. The quantitative estimate of drug-likeness (QED) is 0.927. The molecule has 2 fully saturated rings. The highest BCUT2D eigenvalue weighted by molar-refractivity contribution is 5.82. The number of piperidine rings is 1. The summed E-state index contributed by atoms with van der Waals surface area (Å²) in [6.45, 7) is 7.01. The van der Waals surface area contributed by atoms with Crippen LogP contribution in [0.2, 0.25) is 0 Å². The fourth-order valence-electron chi connectivity index (χ4n) is 4.14. The van der Waals surface area contributed by atoms with E-state index in [1.807, 2.05) is 11.7 Å². The molecule has 0 radical (unpaired) electrons. The Bertz CT molecular complexity index is 561. The van der Waals surface area contributed by atoms with Crippen LogP contribution >= 0.6 is 0 Å². The molecule has 1 aliphatic heterocycles. The second-order valence-corrected chi connectivity index (χ2v) is 7.74. The van der Waals surface area contributed by atoms with Gasteiger partial charge >= 0.3 is 0 Å². The Morgan fingerprint density at radius 2 is 2.13 bits per heavy atom. The number of aryl methyl sites for hydroxylation is 2. The molecule has 1 saturated carbocycles. The van der Waals surface area contributed by atoms with Crippen LogP contribution in [0.3, 0.4) is 0 Å². The highest BCUT2D eigenvalue weighted by atomic mass is 16.2. The van der Waals surface area contributed by atoms with E-state index in [2.05, 4.69) is 35.4 Å². The number of aromatic nitrogens is 2. The molecule has 0 spiro atoms. The van der Waals surface area contributed by atoms with E-state index in [-0.39, 0.29) is 11.3 Å². The number of hydrogen-bond acceptors (Lipinski definition) is 3. The number of amides is 1. The van der Waals surface area contributed by atoms with Crippen molar-refractivity contribution < 1.29 is 4.79 Å². The Morgan fingerprint density at radius 1 is 1.39 bits per heavy atom. The molecule has 0 aromatic carbocycles. The first-order chi connectivity index (χ1) is 11.0. The lowest BCUT2D eigenvalue weighted by atomic mass is 9.80. The van der Waals surface area contributed by atoms with Crippen molar-refractivity contribution >= 4 is 5.91 Å². The van der Waals surface area contributed by atoms with Crippen molar-refractivity contribution in [3.8, 4) is 0 Å². The molecule has 23 heavy (non-hydrogen) atoms. The van der Waals surface area contributed by atoms with E-state index < -0.39 is 0 Å². The Kier molecular flexibility index (Phi) is 4.76. The molecule has 2 aliphatic rings. The molecule has 1 aliphatic carbocycles. The summed E-state index contributed by atoms with van der Waals surface area (Å²) in [7, 11) is 1.96. The van der Waals surface area contributed by atoms with Crippen LogP contribution in [-0.2, 0) is 18.4 Å². The molecule has 1 aromatic rings. The van der Waals surface area contributed by atoms with Crippen molar-refractivity contribution in [3.63, 3.8) is 0 Å². The Balaban J connectivity index is 1.62. The van der Waals surface area contributed by atoms with Gasteiger partial charge in [-0.1, -0.05) is 12.8 Å². The summed E-state index contributed by atoms with van der Waals surface area (Å²) in [5.74, 6) is 0.261. The van der Waals surface area contributed by atoms with Crippen molar-refractivity contribution in [1.29, 1.82) is 0 Å². The first-order valence-corrected chi connectivity index (χ1v) is 8.99. The average Bonchev–Trinajstić information content (AvgIpc) is 3.09. The minimum absolute atomic E-state index is 0.253. The summed E-state index contributed by atoms with van der Waals surface area (Å²) in [5, 5.41) is 7.73. The average molecular weight is 318 g/mol. The SMILES string of the molecule is Cc1nn(C)cc1CN1CCC[C@](C)(C(=O)NC2CCCC2)C1. The first-order valence-electron chi connectivity index (χ1n) is 8.99. The molecule has 0 unspecified atom stereocenters. The Morgan fingerprint density at radius 3 is 2.78 bits per heavy atom. The van der Waals surface area contributed by atoms with Crippen LogP contribution in [0.25, 0.3) is 0 Å². The summed E-state index contributed by atoms with van der Waals surface area (Å²) in [6, 6.07) is 0.412. The third-order valence-electron chi connectivity index (χ3n) is 5.52. The van der Waals surface area contributed by atoms with Crippen LogP contribution < -0.4 is 5.32 Å². The van der Waals surface area contributed by atoms with Crippen molar-refractivity contribution in [3.05, 3.63) is 17.5 Å². The van der Waals surface area contributed by atoms with Crippen LogP contribution in [-0.4, -0.2) is 39.7 Å². The van der Waals surface area contributed by atoms with E-state index in [1.54, 1.807) is 0 Å². The van der Waals surface area contributed by atoms with E-state index >= 15 is 0 Å². The molecule has 1 N–H and O–H groups in total. The van der Waals surface area contributed by atoms with E-state index in [1.165, 1.54) is 18.4 Å². The number of carbonyl (C=O) groups excluding carboxylic acids is 1. The van der Waals surface area contributed by atoms with Gasteiger partial charge < -0.3 is 5.32 Å². The predicted molar refractivity (Wildman–Crippen MR) is 91.0 cm³/mol. The van der Waals surface area contributed by atoms with Crippen LogP contribution in [0.5, 0.6) is 0 Å². The van der Waals surface area contributed by atoms with Gasteiger partial charge in [-0.3, -0.25) is 14.4 Å². The molecule has 5 heteroatoms. The molecule has 128 valence electrons. The maximum Gasteiger partial charge on any atom is 0.227 e. The zero-order valence-electron chi connectivity index (χ0n) is 14.8. The van der Waals surface area contributed by atoms with Crippen LogP contribution in [0.1, 0.15) is 56.7 Å². The monoisotopic (exact) mass is 318 g/mol. The van der Waals surface area contributed by atoms with Gasteiger partial charge in [-0.05, 0) is 46.1 Å². The maximum atomic E-state index is 12.8. The van der Waals surface area contributed by atoms with E-state index in [0.29, 0.717) is 6.04 Å². The number of nitrogens with zero attached hydrogens (tertiary/aromatic N) is 3. The fraction of sp³-hybridized carbons (Fsp3) is 0.778. The topological polar surface area (TPSA) is 50.2 Å². The molecule has 0 bridgehead atoms. The zero-order valence-corrected chi connectivity index (χ0v) is 14.8. The van der Waals surface area contributed by atoms with Gasteiger partial charge in [-0.15, -0.1) is 0 Å². The van der Waals surface area contributed by atoms with E-state index in [0.717, 1.165) is 51.0 Å². The summed E-state index contributed by atoms with van der Waals surface area (Å²) < 4.78 is 1.88. The molecule has 1 saturated heterocycles. The zero-order chi connectivity index (χ0) is 16.4.